The summed E-state index contributed by atoms with van der Waals surface area (Å²) in [6.07, 6.45) is 0. The van der Waals surface area contributed by atoms with Crippen LogP contribution in [0.2, 0.25) is 0 Å². The predicted molar refractivity (Wildman–Crippen MR) is 47.4 cm³/mol. The van der Waals surface area contributed by atoms with Gasteiger partial charge in [0.15, 0.2) is 0 Å². The number of nitrogens with zero attached hydrogens (tertiary/aromatic N) is 1. The lowest BCUT2D eigenvalue weighted by Gasteiger charge is -2.11. The van der Waals surface area contributed by atoms with Crippen molar-refractivity contribution >= 4 is 11.8 Å². The molecule has 0 radical (unpaired) electrons. The van der Waals surface area contributed by atoms with E-state index in [2.05, 4.69) is 0 Å². The Bertz CT molecular complexity index is 362. The van der Waals surface area contributed by atoms with Gasteiger partial charge in [0, 0.05) is 12.5 Å². The molecule has 2 N–H and O–H groups in total. The highest BCUT2D eigenvalue weighted by molar-refractivity contribution is 6.03. The van der Waals surface area contributed by atoms with Crippen molar-refractivity contribution in [3.05, 3.63) is 35.6 Å². The third-order valence-corrected chi connectivity index (χ3v) is 1.65. The molecule has 5 heteroatoms. The van der Waals surface area contributed by atoms with Crippen LogP contribution in [0.4, 0.5) is 4.39 Å². The Morgan fingerprint density at radius 1 is 1.29 bits per heavy atom. The van der Waals surface area contributed by atoms with Gasteiger partial charge >= 0.3 is 0 Å². The quantitative estimate of drug-likeness (QED) is 0.408. The molecule has 0 aliphatic rings. The van der Waals surface area contributed by atoms with Gasteiger partial charge in [0.1, 0.15) is 5.82 Å². The van der Waals surface area contributed by atoms with Crippen LogP contribution < -0.4 is 5.84 Å². The van der Waals surface area contributed by atoms with E-state index in [-0.39, 0.29) is 5.56 Å². The molecule has 0 heterocycles. The zero-order valence-corrected chi connectivity index (χ0v) is 7.53. The number of carbonyl (C=O) groups excluding carboxylic acids is 2. The lowest BCUT2D eigenvalue weighted by Crippen LogP contribution is -2.41. The van der Waals surface area contributed by atoms with Crippen LogP contribution in [0.25, 0.3) is 0 Å². The number of benzene rings is 1. The molecule has 0 spiro atoms. The first-order valence-electron chi connectivity index (χ1n) is 3.87. The third kappa shape index (κ3) is 2.14. The van der Waals surface area contributed by atoms with Gasteiger partial charge in [0.25, 0.3) is 5.91 Å². The Balaban J connectivity index is 2.90. The van der Waals surface area contributed by atoms with Crippen molar-refractivity contribution in [2.24, 2.45) is 5.84 Å². The summed E-state index contributed by atoms with van der Waals surface area (Å²) in [6, 6.07) is 4.78. The molecule has 1 rings (SSSR count). The largest absolute Gasteiger partial charge is 0.274 e. The fourth-order valence-electron chi connectivity index (χ4n) is 0.875. The molecule has 4 nitrogen and oxygen atoms in total. The Labute approximate surface area is 80.1 Å². The standard InChI is InChI=1S/C9H9FN2O2/c1-6(13)12(11)9(14)7-2-4-8(10)5-3-7/h2-5H,11H2,1H3. The van der Waals surface area contributed by atoms with E-state index in [0.29, 0.717) is 5.01 Å². The van der Waals surface area contributed by atoms with E-state index in [4.69, 9.17) is 5.84 Å². The van der Waals surface area contributed by atoms with E-state index < -0.39 is 17.6 Å². The van der Waals surface area contributed by atoms with Crippen molar-refractivity contribution in [1.29, 1.82) is 0 Å². The van der Waals surface area contributed by atoms with Crippen LogP contribution in [0.5, 0.6) is 0 Å². The number of nitrogens with two attached hydrogens (primary N) is 1. The molecule has 0 saturated carbocycles. The molecule has 74 valence electrons. The van der Waals surface area contributed by atoms with Crippen LogP contribution in [0, 0.1) is 5.82 Å². The fraction of sp³-hybridized carbons (Fsp3) is 0.111. The normalized spacial score (nSPS) is 9.64. The minimum atomic E-state index is -0.655. The molecular formula is C9H9FN2O2. The molecular weight excluding hydrogens is 187 g/mol. The molecule has 14 heavy (non-hydrogen) atoms. The third-order valence-electron chi connectivity index (χ3n) is 1.65. The van der Waals surface area contributed by atoms with E-state index in [9.17, 15) is 14.0 Å². The number of carbonyl (C=O) groups is 2. The number of imide groups is 1. The molecule has 1 aromatic carbocycles. The van der Waals surface area contributed by atoms with E-state index in [1.54, 1.807) is 0 Å². The molecule has 0 atom stereocenters. The first kappa shape index (κ1) is 10.3. The number of hydrogen-bond donors (Lipinski definition) is 1. The highest BCUT2D eigenvalue weighted by Gasteiger charge is 2.15. The summed E-state index contributed by atoms with van der Waals surface area (Å²) in [6.45, 7) is 1.17. The molecule has 0 aromatic heterocycles. The predicted octanol–water partition coefficient (Wildman–Crippen LogP) is 0.688. The van der Waals surface area contributed by atoms with Crippen LogP contribution in [0.1, 0.15) is 17.3 Å². The van der Waals surface area contributed by atoms with Crippen LogP contribution in [-0.4, -0.2) is 16.8 Å². The highest BCUT2D eigenvalue weighted by Crippen LogP contribution is 2.04. The number of hydrogen-bond acceptors (Lipinski definition) is 3. The van der Waals surface area contributed by atoms with Gasteiger partial charge in [-0.05, 0) is 24.3 Å². The zero-order chi connectivity index (χ0) is 10.7. The second kappa shape index (κ2) is 3.97. The minimum Gasteiger partial charge on any atom is -0.273 e. The summed E-state index contributed by atoms with van der Waals surface area (Å²) in [5.74, 6) is 3.49. The lowest BCUT2D eigenvalue weighted by molar-refractivity contribution is -0.126. The van der Waals surface area contributed by atoms with Crippen molar-refractivity contribution in [2.45, 2.75) is 6.92 Å². The van der Waals surface area contributed by atoms with Crippen molar-refractivity contribution in [1.82, 2.24) is 5.01 Å². The van der Waals surface area contributed by atoms with Gasteiger partial charge in [-0.2, -0.15) is 0 Å². The Morgan fingerprint density at radius 3 is 2.21 bits per heavy atom. The summed E-state index contributed by atoms with van der Waals surface area (Å²) in [5.41, 5.74) is 0.170. The van der Waals surface area contributed by atoms with Gasteiger partial charge in [-0.15, -0.1) is 0 Å². The van der Waals surface area contributed by atoms with E-state index in [1.807, 2.05) is 0 Å². The summed E-state index contributed by atoms with van der Waals surface area (Å²) in [7, 11) is 0. The average molecular weight is 196 g/mol. The summed E-state index contributed by atoms with van der Waals surface area (Å²) in [4.78, 5) is 22.1. The monoisotopic (exact) mass is 196 g/mol. The number of rotatable bonds is 1. The average Bonchev–Trinajstić information content (AvgIpc) is 2.16. The smallest absolute Gasteiger partial charge is 0.273 e. The summed E-state index contributed by atoms with van der Waals surface area (Å²) < 4.78 is 12.5. The first-order chi connectivity index (χ1) is 6.52. The maximum absolute atomic E-state index is 12.5. The Morgan fingerprint density at radius 2 is 1.79 bits per heavy atom. The minimum absolute atomic E-state index is 0.170. The molecule has 0 aliphatic heterocycles. The SMILES string of the molecule is CC(=O)N(N)C(=O)c1ccc(F)cc1. The number of hydrazine groups is 1. The van der Waals surface area contributed by atoms with Crippen molar-refractivity contribution in [3.63, 3.8) is 0 Å². The van der Waals surface area contributed by atoms with Crippen LogP contribution in [-0.2, 0) is 4.79 Å². The molecule has 0 bridgehead atoms. The fourth-order valence-corrected chi connectivity index (χ4v) is 0.875. The number of halogens is 1. The molecule has 2 amide bonds. The highest BCUT2D eigenvalue weighted by atomic mass is 19.1. The molecule has 0 aliphatic carbocycles. The van der Waals surface area contributed by atoms with E-state index in [0.717, 1.165) is 12.1 Å². The second-order valence-electron chi connectivity index (χ2n) is 2.70. The van der Waals surface area contributed by atoms with Gasteiger partial charge in [0.2, 0.25) is 5.91 Å². The molecule has 0 fully saturated rings. The molecule has 1 aromatic rings. The topological polar surface area (TPSA) is 63.4 Å². The summed E-state index contributed by atoms with van der Waals surface area (Å²) >= 11 is 0. The number of amides is 2. The van der Waals surface area contributed by atoms with Gasteiger partial charge in [-0.1, -0.05) is 0 Å². The maximum atomic E-state index is 12.5. The Hall–Kier alpha value is -1.75. The zero-order valence-electron chi connectivity index (χ0n) is 7.53. The van der Waals surface area contributed by atoms with Gasteiger partial charge in [-0.25, -0.2) is 15.2 Å². The lowest BCUT2D eigenvalue weighted by atomic mass is 10.2. The van der Waals surface area contributed by atoms with Crippen molar-refractivity contribution in [3.8, 4) is 0 Å². The van der Waals surface area contributed by atoms with Crippen molar-refractivity contribution in [2.75, 3.05) is 0 Å². The Kier molecular flexibility index (Phi) is 2.93. The van der Waals surface area contributed by atoms with Crippen molar-refractivity contribution < 1.29 is 14.0 Å². The second-order valence-corrected chi connectivity index (χ2v) is 2.70. The first-order valence-corrected chi connectivity index (χ1v) is 3.87. The maximum Gasteiger partial charge on any atom is 0.274 e. The van der Waals surface area contributed by atoms with Gasteiger partial charge < -0.3 is 0 Å². The molecule has 0 saturated heterocycles. The summed E-state index contributed by atoms with van der Waals surface area (Å²) in [5, 5.41) is 0.479. The van der Waals surface area contributed by atoms with Crippen LogP contribution >= 0.6 is 0 Å². The van der Waals surface area contributed by atoms with Gasteiger partial charge in [-0.3, -0.25) is 9.59 Å². The van der Waals surface area contributed by atoms with Gasteiger partial charge in [0.05, 0.1) is 0 Å². The molecule has 0 unspecified atom stereocenters. The van der Waals surface area contributed by atoms with E-state index in [1.165, 1.54) is 19.1 Å². The van der Waals surface area contributed by atoms with Crippen LogP contribution in [0.15, 0.2) is 24.3 Å². The van der Waals surface area contributed by atoms with E-state index >= 15 is 0 Å². The van der Waals surface area contributed by atoms with Crippen LogP contribution in [0.3, 0.4) is 0 Å².